The average Bonchev–Trinajstić information content (AvgIpc) is 3.17. The number of hydrogen-bond acceptors (Lipinski definition) is 5. The Morgan fingerprint density at radius 2 is 1.69 bits per heavy atom. The molecule has 3 aromatic rings. The maximum absolute atomic E-state index is 12.7. The van der Waals surface area contributed by atoms with E-state index in [-0.39, 0.29) is 4.90 Å². The summed E-state index contributed by atoms with van der Waals surface area (Å²) in [6.45, 7) is 4.95. The Morgan fingerprint density at radius 3 is 2.31 bits per heavy atom. The van der Waals surface area contributed by atoms with Crippen LogP contribution in [0.15, 0.2) is 64.1 Å². The first-order chi connectivity index (χ1) is 14.0. The summed E-state index contributed by atoms with van der Waals surface area (Å²) in [5, 5.41) is 0. The fourth-order valence-electron chi connectivity index (χ4n) is 3.57. The van der Waals surface area contributed by atoms with Crippen molar-refractivity contribution in [3.63, 3.8) is 0 Å². The summed E-state index contributed by atoms with van der Waals surface area (Å²) in [7, 11) is -3.65. The van der Waals surface area contributed by atoms with Gasteiger partial charge in [-0.3, -0.25) is 9.62 Å². The number of likely N-dealkylation sites (tertiary alicyclic amines) is 1. The first-order valence-electron chi connectivity index (χ1n) is 9.86. The molecule has 2 aromatic carbocycles. The van der Waals surface area contributed by atoms with Gasteiger partial charge < -0.3 is 4.42 Å². The molecule has 1 saturated heterocycles. The lowest BCUT2D eigenvalue weighted by atomic mass is 10.1. The van der Waals surface area contributed by atoms with Crippen LogP contribution < -0.4 is 4.72 Å². The van der Waals surface area contributed by atoms with Crippen molar-refractivity contribution >= 4 is 15.7 Å². The molecule has 0 atom stereocenters. The quantitative estimate of drug-likeness (QED) is 0.649. The topological polar surface area (TPSA) is 75.4 Å². The lowest BCUT2D eigenvalue weighted by molar-refractivity contribution is 0.221. The van der Waals surface area contributed by atoms with Gasteiger partial charge in [0.2, 0.25) is 0 Å². The standard InChI is InChI=1S/C22H25N3O3S/c1-17-23-22(16-28-17)19-7-11-21(12-8-19)29(26,27)24-20-9-5-18(6-10-20)15-25-13-3-2-4-14-25/h5-12,16,24H,2-4,13-15H2,1H3. The minimum Gasteiger partial charge on any atom is -0.449 e. The number of nitrogens with one attached hydrogen (secondary N) is 1. The maximum atomic E-state index is 12.7. The molecule has 4 rings (SSSR count). The fourth-order valence-corrected chi connectivity index (χ4v) is 4.63. The van der Waals surface area contributed by atoms with E-state index in [1.54, 1.807) is 37.5 Å². The molecule has 152 valence electrons. The van der Waals surface area contributed by atoms with Crippen LogP contribution in [0.25, 0.3) is 11.3 Å². The van der Waals surface area contributed by atoms with E-state index in [0.29, 0.717) is 17.3 Å². The number of anilines is 1. The van der Waals surface area contributed by atoms with Gasteiger partial charge >= 0.3 is 0 Å². The Kier molecular flexibility index (Phi) is 5.69. The van der Waals surface area contributed by atoms with Gasteiger partial charge in [0.15, 0.2) is 5.89 Å². The van der Waals surface area contributed by atoms with Gasteiger partial charge in [-0.05, 0) is 55.8 Å². The summed E-state index contributed by atoms with van der Waals surface area (Å²) in [4.78, 5) is 6.91. The molecule has 1 aromatic heterocycles. The highest BCUT2D eigenvalue weighted by Gasteiger charge is 2.15. The highest BCUT2D eigenvalue weighted by atomic mass is 32.2. The van der Waals surface area contributed by atoms with Gasteiger partial charge in [-0.2, -0.15) is 0 Å². The van der Waals surface area contributed by atoms with Crippen molar-refractivity contribution in [1.82, 2.24) is 9.88 Å². The summed E-state index contributed by atoms with van der Waals surface area (Å²) < 4.78 is 33.3. The Hall–Kier alpha value is -2.64. The molecular weight excluding hydrogens is 386 g/mol. The van der Waals surface area contributed by atoms with Gasteiger partial charge in [-0.15, -0.1) is 0 Å². The fraction of sp³-hybridized carbons (Fsp3) is 0.318. The number of aryl methyl sites for hydroxylation is 1. The van der Waals surface area contributed by atoms with E-state index in [4.69, 9.17) is 4.42 Å². The monoisotopic (exact) mass is 411 g/mol. The van der Waals surface area contributed by atoms with Crippen molar-refractivity contribution in [3.8, 4) is 11.3 Å². The third-order valence-electron chi connectivity index (χ3n) is 5.14. The number of sulfonamides is 1. The summed E-state index contributed by atoms with van der Waals surface area (Å²) in [6, 6.07) is 14.2. The van der Waals surface area contributed by atoms with Crippen LogP contribution in [0.3, 0.4) is 0 Å². The smallest absolute Gasteiger partial charge is 0.261 e. The molecule has 6 nitrogen and oxygen atoms in total. The second kappa shape index (κ2) is 8.39. The minimum absolute atomic E-state index is 0.207. The molecule has 29 heavy (non-hydrogen) atoms. The van der Waals surface area contributed by atoms with Crippen LogP contribution in [0.2, 0.25) is 0 Å². The van der Waals surface area contributed by atoms with Gasteiger partial charge in [-0.1, -0.05) is 30.7 Å². The molecule has 0 unspecified atom stereocenters. The van der Waals surface area contributed by atoms with Crippen LogP contribution in [0.5, 0.6) is 0 Å². The van der Waals surface area contributed by atoms with Crippen LogP contribution in [0.4, 0.5) is 5.69 Å². The number of benzene rings is 2. The van der Waals surface area contributed by atoms with Gasteiger partial charge in [0.25, 0.3) is 10.0 Å². The van der Waals surface area contributed by atoms with E-state index in [1.807, 2.05) is 24.3 Å². The second-order valence-electron chi connectivity index (χ2n) is 7.42. The lowest BCUT2D eigenvalue weighted by Crippen LogP contribution is -2.29. The van der Waals surface area contributed by atoms with E-state index in [0.717, 1.165) is 25.2 Å². The number of oxazole rings is 1. The first-order valence-corrected chi connectivity index (χ1v) is 11.3. The predicted octanol–water partition coefficient (Wildman–Crippen LogP) is 4.44. The molecule has 0 saturated carbocycles. The maximum Gasteiger partial charge on any atom is 0.261 e. The van der Waals surface area contributed by atoms with E-state index in [9.17, 15) is 8.42 Å². The first kappa shape index (κ1) is 19.7. The van der Waals surface area contributed by atoms with Crippen LogP contribution in [0.1, 0.15) is 30.7 Å². The second-order valence-corrected chi connectivity index (χ2v) is 9.10. The van der Waals surface area contributed by atoms with E-state index < -0.39 is 10.0 Å². The number of rotatable bonds is 6. The highest BCUT2D eigenvalue weighted by Crippen LogP contribution is 2.23. The molecule has 7 heteroatoms. The van der Waals surface area contributed by atoms with Crippen LogP contribution >= 0.6 is 0 Å². The van der Waals surface area contributed by atoms with Crippen molar-refractivity contribution < 1.29 is 12.8 Å². The lowest BCUT2D eigenvalue weighted by Gasteiger charge is -2.26. The van der Waals surface area contributed by atoms with Crippen LogP contribution in [0, 0.1) is 6.92 Å². The minimum atomic E-state index is -3.65. The Balaban J connectivity index is 1.42. The van der Waals surface area contributed by atoms with Crippen molar-refractivity contribution in [2.24, 2.45) is 0 Å². The molecule has 1 N–H and O–H groups in total. The van der Waals surface area contributed by atoms with Gasteiger partial charge in [-0.25, -0.2) is 13.4 Å². The molecule has 0 spiro atoms. The van der Waals surface area contributed by atoms with Gasteiger partial charge in [0, 0.05) is 24.7 Å². The summed E-state index contributed by atoms with van der Waals surface area (Å²) >= 11 is 0. The average molecular weight is 412 g/mol. The normalized spacial score (nSPS) is 15.3. The molecule has 0 bridgehead atoms. The number of nitrogens with zero attached hydrogens (tertiary/aromatic N) is 2. The van der Waals surface area contributed by atoms with Crippen LogP contribution in [-0.2, 0) is 16.6 Å². The summed E-state index contributed by atoms with van der Waals surface area (Å²) in [6.07, 6.45) is 5.39. The third kappa shape index (κ3) is 4.86. The Labute approximate surface area is 171 Å². The Bertz CT molecular complexity index is 1050. The van der Waals surface area contributed by atoms with Crippen molar-refractivity contribution in [2.45, 2.75) is 37.6 Å². The molecular formula is C22H25N3O3S. The highest BCUT2D eigenvalue weighted by molar-refractivity contribution is 7.92. The number of piperidine rings is 1. The van der Waals surface area contributed by atoms with E-state index in [1.165, 1.54) is 24.8 Å². The molecule has 0 aliphatic carbocycles. The molecule has 1 aliphatic heterocycles. The SMILES string of the molecule is Cc1nc(-c2ccc(S(=O)(=O)Nc3ccc(CN4CCCCC4)cc3)cc2)co1. The van der Waals surface area contributed by atoms with Gasteiger partial charge in [0.05, 0.1) is 4.90 Å². The third-order valence-corrected chi connectivity index (χ3v) is 6.54. The van der Waals surface area contributed by atoms with Crippen LogP contribution in [-0.4, -0.2) is 31.4 Å². The van der Waals surface area contributed by atoms with Gasteiger partial charge in [0.1, 0.15) is 12.0 Å². The largest absolute Gasteiger partial charge is 0.449 e. The molecule has 1 aliphatic rings. The summed E-state index contributed by atoms with van der Waals surface area (Å²) in [5.41, 5.74) is 3.25. The molecule has 0 radical (unpaired) electrons. The summed E-state index contributed by atoms with van der Waals surface area (Å²) in [5.74, 6) is 0.571. The Morgan fingerprint density at radius 1 is 1.00 bits per heavy atom. The number of aromatic nitrogens is 1. The van der Waals surface area contributed by atoms with Crippen molar-refractivity contribution in [1.29, 1.82) is 0 Å². The molecule has 1 fully saturated rings. The molecule has 2 heterocycles. The zero-order valence-corrected chi connectivity index (χ0v) is 17.3. The predicted molar refractivity (Wildman–Crippen MR) is 113 cm³/mol. The zero-order valence-electron chi connectivity index (χ0n) is 16.5. The van der Waals surface area contributed by atoms with E-state index >= 15 is 0 Å². The zero-order chi connectivity index (χ0) is 20.3. The molecule has 0 amide bonds. The van der Waals surface area contributed by atoms with Crippen molar-refractivity contribution in [2.75, 3.05) is 17.8 Å². The van der Waals surface area contributed by atoms with Crippen molar-refractivity contribution in [3.05, 3.63) is 66.2 Å². The number of hydrogen-bond donors (Lipinski definition) is 1. The van der Waals surface area contributed by atoms with E-state index in [2.05, 4.69) is 14.6 Å².